The van der Waals surface area contributed by atoms with Crippen LogP contribution < -0.4 is 10.6 Å². The molecule has 0 radical (unpaired) electrons. The number of carbonyl (C=O) groups is 1. The van der Waals surface area contributed by atoms with E-state index >= 15 is 0 Å². The number of carbonyl (C=O) groups excluding carboxylic acids is 1. The van der Waals surface area contributed by atoms with Crippen molar-refractivity contribution in [1.29, 1.82) is 0 Å². The third kappa shape index (κ3) is 7.32. The van der Waals surface area contributed by atoms with Crippen molar-refractivity contribution in [2.75, 3.05) is 59.5 Å². The number of aromatic nitrogens is 1. The Labute approximate surface area is 190 Å². The van der Waals surface area contributed by atoms with Gasteiger partial charge in [-0.15, -0.1) is 0 Å². The summed E-state index contributed by atoms with van der Waals surface area (Å²) in [5, 5.41) is 6.29. The maximum atomic E-state index is 12.0. The summed E-state index contributed by atoms with van der Waals surface area (Å²) in [6.07, 6.45) is 1.81. The second kappa shape index (κ2) is 12.8. The predicted molar refractivity (Wildman–Crippen MR) is 127 cm³/mol. The Morgan fingerprint density at radius 1 is 1.12 bits per heavy atom. The Hall–Kier alpha value is -2.97. The molecule has 8 heteroatoms. The normalized spacial score (nSPS) is 14.9. The van der Waals surface area contributed by atoms with E-state index in [0.29, 0.717) is 26.2 Å². The van der Waals surface area contributed by atoms with Crippen LogP contribution in [0.2, 0.25) is 0 Å². The lowest BCUT2D eigenvalue weighted by atomic mass is 10.1. The van der Waals surface area contributed by atoms with E-state index in [1.165, 1.54) is 0 Å². The van der Waals surface area contributed by atoms with Gasteiger partial charge in [0.2, 0.25) is 5.91 Å². The van der Waals surface area contributed by atoms with E-state index < -0.39 is 0 Å². The molecule has 1 aromatic heterocycles. The third-order valence-electron chi connectivity index (χ3n) is 5.30. The van der Waals surface area contributed by atoms with Crippen LogP contribution in [0, 0.1) is 0 Å². The Balaban J connectivity index is 1.55. The molecule has 0 unspecified atom stereocenters. The van der Waals surface area contributed by atoms with Crippen molar-refractivity contribution in [2.45, 2.75) is 13.5 Å². The minimum absolute atomic E-state index is 0.0452. The van der Waals surface area contributed by atoms with Crippen LogP contribution in [0.15, 0.2) is 53.7 Å². The van der Waals surface area contributed by atoms with E-state index in [-0.39, 0.29) is 5.91 Å². The summed E-state index contributed by atoms with van der Waals surface area (Å²) in [6.45, 7) is 8.34. The van der Waals surface area contributed by atoms with Crippen LogP contribution in [0.3, 0.4) is 0 Å². The fourth-order valence-corrected chi connectivity index (χ4v) is 3.62. The van der Waals surface area contributed by atoms with Crippen LogP contribution >= 0.6 is 0 Å². The standard InChI is InChI=1S/C24H34N6O2/c1-3-25-24(30-14-12-29(13-15-30)19-23(31)27-11-16-32-2)28-18-20-7-6-8-21(17-20)22-9-4-5-10-26-22/h4-10,17H,3,11-16,18-19H2,1-2H3,(H,25,28)(H,27,31). The number of pyridine rings is 1. The quantitative estimate of drug-likeness (QED) is 0.352. The highest BCUT2D eigenvalue weighted by Crippen LogP contribution is 2.18. The molecule has 1 aromatic carbocycles. The van der Waals surface area contributed by atoms with Crippen molar-refractivity contribution in [2.24, 2.45) is 4.99 Å². The van der Waals surface area contributed by atoms with Crippen LogP contribution in [-0.4, -0.2) is 86.2 Å². The van der Waals surface area contributed by atoms with E-state index in [9.17, 15) is 4.79 Å². The molecule has 1 fully saturated rings. The maximum Gasteiger partial charge on any atom is 0.234 e. The molecule has 1 saturated heterocycles. The highest BCUT2D eigenvalue weighted by Gasteiger charge is 2.21. The topological polar surface area (TPSA) is 82.1 Å². The van der Waals surface area contributed by atoms with Gasteiger partial charge in [0.1, 0.15) is 0 Å². The second-order valence-electron chi connectivity index (χ2n) is 7.69. The van der Waals surface area contributed by atoms with Crippen molar-refractivity contribution in [1.82, 2.24) is 25.4 Å². The molecule has 0 aliphatic carbocycles. The fourth-order valence-electron chi connectivity index (χ4n) is 3.62. The average Bonchev–Trinajstić information content (AvgIpc) is 2.83. The lowest BCUT2D eigenvalue weighted by Gasteiger charge is -2.36. The number of nitrogens with zero attached hydrogens (tertiary/aromatic N) is 4. The van der Waals surface area contributed by atoms with Gasteiger partial charge < -0.3 is 20.3 Å². The largest absolute Gasteiger partial charge is 0.383 e. The highest BCUT2D eigenvalue weighted by atomic mass is 16.5. The molecule has 0 saturated carbocycles. The lowest BCUT2D eigenvalue weighted by Crippen LogP contribution is -2.54. The van der Waals surface area contributed by atoms with Crippen LogP contribution in [0.4, 0.5) is 0 Å². The number of rotatable bonds is 9. The number of aliphatic imine (C=N–C) groups is 1. The molecule has 8 nitrogen and oxygen atoms in total. The first kappa shape index (κ1) is 23.7. The molecule has 2 heterocycles. The third-order valence-corrected chi connectivity index (χ3v) is 5.30. The van der Waals surface area contributed by atoms with Gasteiger partial charge in [-0.25, -0.2) is 4.99 Å². The van der Waals surface area contributed by atoms with E-state index in [1.807, 2.05) is 24.4 Å². The molecule has 1 aliphatic heterocycles. The van der Waals surface area contributed by atoms with Gasteiger partial charge in [0.05, 0.1) is 25.4 Å². The van der Waals surface area contributed by atoms with Gasteiger partial charge in [-0.2, -0.15) is 0 Å². The number of guanidine groups is 1. The Bertz CT molecular complexity index is 866. The van der Waals surface area contributed by atoms with Gasteiger partial charge in [0, 0.05) is 58.1 Å². The van der Waals surface area contributed by atoms with Crippen LogP contribution in [0.25, 0.3) is 11.3 Å². The smallest absolute Gasteiger partial charge is 0.234 e. The average molecular weight is 439 g/mol. The molecule has 0 atom stereocenters. The number of benzene rings is 1. The van der Waals surface area contributed by atoms with Crippen LogP contribution in [-0.2, 0) is 16.1 Å². The first-order chi connectivity index (χ1) is 15.7. The number of methoxy groups -OCH3 is 1. The molecular formula is C24H34N6O2. The summed E-state index contributed by atoms with van der Waals surface area (Å²) >= 11 is 0. The summed E-state index contributed by atoms with van der Waals surface area (Å²) < 4.78 is 4.97. The maximum absolute atomic E-state index is 12.0. The summed E-state index contributed by atoms with van der Waals surface area (Å²) in [5.74, 6) is 0.962. The monoisotopic (exact) mass is 438 g/mol. The van der Waals surface area contributed by atoms with Gasteiger partial charge in [0.25, 0.3) is 0 Å². The van der Waals surface area contributed by atoms with Crippen molar-refractivity contribution in [3.05, 3.63) is 54.2 Å². The molecular weight excluding hydrogens is 404 g/mol. The predicted octanol–water partition coefficient (Wildman–Crippen LogP) is 1.59. The molecule has 172 valence electrons. The SMILES string of the molecule is CCNC(=NCc1cccc(-c2ccccn2)c1)N1CCN(CC(=O)NCCOC)CC1. The molecule has 1 aliphatic rings. The zero-order valence-corrected chi connectivity index (χ0v) is 19.1. The Kier molecular flexibility index (Phi) is 9.46. The number of amides is 1. The minimum Gasteiger partial charge on any atom is -0.383 e. The number of ether oxygens (including phenoxy) is 1. The van der Waals surface area contributed by atoms with E-state index in [1.54, 1.807) is 7.11 Å². The van der Waals surface area contributed by atoms with Gasteiger partial charge in [-0.1, -0.05) is 24.3 Å². The van der Waals surface area contributed by atoms with Crippen molar-refractivity contribution >= 4 is 11.9 Å². The number of piperazine rings is 1. The van der Waals surface area contributed by atoms with Crippen LogP contribution in [0.1, 0.15) is 12.5 Å². The van der Waals surface area contributed by atoms with Gasteiger partial charge in [-0.3, -0.25) is 14.7 Å². The summed E-state index contributed by atoms with van der Waals surface area (Å²) in [5.41, 5.74) is 3.21. The first-order valence-corrected chi connectivity index (χ1v) is 11.2. The van der Waals surface area contributed by atoms with E-state index in [2.05, 4.69) is 56.6 Å². The second-order valence-corrected chi connectivity index (χ2v) is 7.69. The minimum atomic E-state index is 0.0452. The Morgan fingerprint density at radius 2 is 1.97 bits per heavy atom. The van der Waals surface area contributed by atoms with Crippen molar-refractivity contribution in [3.8, 4) is 11.3 Å². The van der Waals surface area contributed by atoms with Crippen molar-refractivity contribution < 1.29 is 9.53 Å². The van der Waals surface area contributed by atoms with Gasteiger partial charge in [-0.05, 0) is 30.7 Å². The fraction of sp³-hybridized carbons (Fsp3) is 0.458. The molecule has 3 rings (SSSR count). The first-order valence-electron chi connectivity index (χ1n) is 11.2. The molecule has 1 amide bonds. The highest BCUT2D eigenvalue weighted by molar-refractivity contribution is 5.80. The number of hydrogen-bond donors (Lipinski definition) is 2. The van der Waals surface area contributed by atoms with Crippen LogP contribution in [0.5, 0.6) is 0 Å². The number of hydrogen-bond acceptors (Lipinski definition) is 5. The summed E-state index contributed by atoms with van der Waals surface area (Å²) in [4.78, 5) is 25.8. The molecule has 0 bridgehead atoms. The van der Waals surface area contributed by atoms with Gasteiger partial charge in [0.15, 0.2) is 5.96 Å². The molecule has 0 spiro atoms. The lowest BCUT2D eigenvalue weighted by molar-refractivity contribution is -0.122. The molecule has 2 aromatic rings. The number of nitrogens with one attached hydrogen (secondary N) is 2. The molecule has 32 heavy (non-hydrogen) atoms. The summed E-state index contributed by atoms with van der Waals surface area (Å²) in [7, 11) is 1.63. The summed E-state index contributed by atoms with van der Waals surface area (Å²) in [6, 6.07) is 14.3. The van der Waals surface area contributed by atoms with E-state index in [0.717, 1.165) is 55.5 Å². The Morgan fingerprint density at radius 3 is 2.69 bits per heavy atom. The zero-order valence-electron chi connectivity index (χ0n) is 19.1. The van der Waals surface area contributed by atoms with Crippen molar-refractivity contribution in [3.63, 3.8) is 0 Å². The van der Waals surface area contributed by atoms with E-state index in [4.69, 9.17) is 9.73 Å². The van der Waals surface area contributed by atoms with Gasteiger partial charge >= 0.3 is 0 Å². The molecule has 2 N–H and O–H groups in total. The zero-order chi connectivity index (χ0) is 22.6.